The molecule has 0 amide bonds. The summed E-state index contributed by atoms with van der Waals surface area (Å²) in [5.74, 6) is -5.92. The molecule has 2 saturated carbocycles. The summed E-state index contributed by atoms with van der Waals surface area (Å²) in [5, 5.41) is 21.4. The average Bonchev–Trinajstić information content (AvgIpc) is 3.94. The number of rotatable bonds is 7. The van der Waals surface area contributed by atoms with Crippen LogP contribution in [0.2, 0.25) is 0 Å². The molecular formula is C31H28F3N5O6. The Balaban J connectivity index is 1.27. The Kier molecular flexibility index (Phi) is 6.39. The number of anilines is 3. The first-order valence-electron chi connectivity index (χ1n) is 14.6. The third-order valence-electron chi connectivity index (χ3n) is 9.08. The van der Waals surface area contributed by atoms with Gasteiger partial charge in [0.1, 0.15) is 22.6 Å². The van der Waals surface area contributed by atoms with E-state index in [1.807, 2.05) is 0 Å². The predicted molar refractivity (Wildman–Crippen MR) is 160 cm³/mol. The Morgan fingerprint density at radius 3 is 2.04 bits per heavy atom. The van der Waals surface area contributed by atoms with Gasteiger partial charge in [-0.2, -0.15) is 0 Å². The fourth-order valence-electron chi connectivity index (χ4n) is 6.47. The number of hydrogen-bond donors (Lipinski definition) is 4. The van der Waals surface area contributed by atoms with E-state index in [0.717, 1.165) is 19.0 Å². The van der Waals surface area contributed by atoms with Crippen LogP contribution in [0.1, 0.15) is 70.5 Å². The molecule has 0 spiro atoms. The Labute approximate surface area is 252 Å². The van der Waals surface area contributed by atoms with Gasteiger partial charge in [0, 0.05) is 49.2 Å². The molecule has 3 aliphatic rings. The van der Waals surface area contributed by atoms with Crippen LogP contribution >= 0.6 is 0 Å². The molecule has 4 aromatic rings. The quantitative estimate of drug-likeness (QED) is 0.219. The number of carbonyl (C=O) groups is 2. The maximum absolute atomic E-state index is 16.1. The van der Waals surface area contributed by atoms with Crippen molar-refractivity contribution in [3.05, 3.63) is 73.0 Å². The van der Waals surface area contributed by atoms with Crippen molar-refractivity contribution in [2.45, 2.75) is 57.2 Å². The van der Waals surface area contributed by atoms with Crippen LogP contribution in [0, 0.1) is 24.4 Å². The third kappa shape index (κ3) is 4.41. The number of benzene rings is 2. The summed E-state index contributed by atoms with van der Waals surface area (Å²) in [6.45, 7) is 1.84. The second-order valence-corrected chi connectivity index (χ2v) is 12.1. The van der Waals surface area contributed by atoms with E-state index in [1.54, 1.807) is 9.47 Å². The first-order chi connectivity index (χ1) is 21.4. The minimum atomic E-state index is -1.53. The van der Waals surface area contributed by atoms with Gasteiger partial charge in [-0.05, 0) is 45.1 Å². The lowest BCUT2D eigenvalue weighted by Crippen LogP contribution is -2.29. The van der Waals surface area contributed by atoms with E-state index in [9.17, 15) is 29.4 Å². The number of aromatic nitrogens is 2. The molecule has 5 N–H and O–H groups in total. The lowest BCUT2D eigenvalue weighted by atomic mass is 10.0. The molecule has 7 rings (SSSR count). The third-order valence-corrected chi connectivity index (χ3v) is 9.08. The monoisotopic (exact) mass is 623 g/mol. The van der Waals surface area contributed by atoms with Crippen LogP contribution in [0.3, 0.4) is 0 Å². The number of aryl methyl sites for hydroxylation is 1. The number of nitrogens with two attached hydrogens (primary N) is 1. The molecule has 3 heterocycles. The summed E-state index contributed by atoms with van der Waals surface area (Å²) < 4.78 is 50.6. The predicted octanol–water partition coefficient (Wildman–Crippen LogP) is 4.38. The van der Waals surface area contributed by atoms with Gasteiger partial charge in [-0.15, -0.1) is 0 Å². The fourth-order valence-corrected chi connectivity index (χ4v) is 6.47. The van der Waals surface area contributed by atoms with E-state index >= 15 is 13.2 Å². The molecule has 0 radical (unpaired) electrons. The first kappa shape index (κ1) is 28.7. The zero-order valence-electron chi connectivity index (χ0n) is 24.0. The highest BCUT2D eigenvalue weighted by Crippen LogP contribution is 2.42. The van der Waals surface area contributed by atoms with Crippen molar-refractivity contribution in [2.24, 2.45) is 0 Å². The Morgan fingerprint density at radius 1 is 0.867 bits per heavy atom. The molecule has 2 aromatic heterocycles. The molecule has 1 aliphatic heterocycles. The lowest BCUT2D eigenvalue weighted by molar-refractivity contribution is 0.0684. The molecule has 14 heteroatoms. The molecule has 234 valence electrons. The van der Waals surface area contributed by atoms with Crippen LogP contribution in [0.25, 0.3) is 21.8 Å². The molecule has 1 saturated heterocycles. The normalized spacial score (nSPS) is 18.2. The van der Waals surface area contributed by atoms with Crippen molar-refractivity contribution < 1.29 is 33.0 Å². The van der Waals surface area contributed by atoms with Crippen LogP contribution in [0.5, 0.6) is 0 Å². The number of nitrogens with one attached hydrogen (secondary N) is 1. The number of carboxylic acids is 2. The Hall–Kier alpha value is -5.01. The molecular weight excluding hydrogens is 595 g/mol. The van der Waals surface area contributed by atoms with E-state index in [-0.39, 0.29) is 40.8 Å². The number of nitrogens with zero attached hydrogens (tertiary/aromatic N) is 3. The zero-order valence-corrected chi connectivity index (χ0v) is 24.0. The molecule has 45 heavy (non-hydrogen) atoms. The molecule has 0 bridgehead atoms. The largest absolute Gasteiger partial charge is 0.477 e. The van der Waals surface area contributed by atoms with Crippen molar-refractivity contribution in [3.8, 4) is 0 Å². The number of aromatic carboxylic acids is 2. The maximum Gasteiger partial charge on any atom is 0.341 e. The van der Waals surface area contributed by atoms with E-state index in [2.05, 4.69) is 5.32 Å². The van der Waals surface area contributed by atoms with Crippen molar-refractivity contribution in [1.82, 2.24) is 9.13 Å². The molecule has 11 nitrogen and oxygen atoms in total. The topological polar surface area (TPSA) is 160 Å². The summed E-state index contributed by atoms with van der Waals surface area (Å²) in [5.41, 5.74) is 2.18. The minimum absolute atomic E-state index is 0.000433. The van der Waals surface area contributed by atoms with Gasteiger partial charge in [0.15, 0.2) is 11.6 Å². The van der Waals surface area contributed by atoms with E-state index in [1.165, 1.54) is 23.8 Å². The first-order valence-corrected chi connectivity index (χ1v) is 14.6. The molecule has 1 unspecified atom stereocenters. The molecule has 2 aromatic carbocycles. The summed E-state index contributed by atoms with van der Waals surface area (Å²) in [7, 11) is 0. The van der Waals surface area contributed by atoms with Gasteiger partial charge in [0.25, 0.3) is 0 Å². The van der Waals surface area contributed by atoms with E-state index < -0.39 is 74.2 Å². The number of pyridine rings is 2. The van der Waals surface area contributed by atoms with Gasteiger partial charge in [-0.1, -0.05) is 0 Å². The maximum atomic E-state index is 16.1. The van der Waals surface area contributed by atoms with E-state index in [4.69, 9.17) is 5.73 Å². The van der Waals surface area contributed by atoms with Gasteiger partial charge < -0.3 is 35.3 Å². The minimum Gasteiger partial charge on any atom is -0.477 e. The number of carboxylic acid groups (broad SMARTS) is 2. The van der Waals surface area contributed by atoms with Crippen LogP contribution in [0.15, 0.2) is 28.0 Å². The van der Waals surface area contributed by atoms with Gasteiger partial charge in [0.2, 0.25) is 10.9 Å². The van der Waals surface area contributed by atoms with Crippen molar-refractivity contribution in [2.75, 3.05) is 29.0 Å². The van der Waals surface area contributed by atoms with Crippen molar-refractivity contribution in [3.63, 3.8) is 0 Å². The van der Waals surface area contributed by atoms with E-state index in [0.29, 0.717) is 31.3 Å². The molecule has 3 fully saturated rings. The molecule has 2 aliphatic carbocycles. The standard InChI is InChI=1S/C31H28F3N5O6/c1-12-20-18(38(14-2-3-14)10-16(28(20)40)30(42)43)8-19(22(12)32)37-7-6-13(9-37)36-26-23(33)25(35)21-27(24(26)34)39(15-4-5-15)11-17(29(21)41)31(44)45/h8,10-11,13-15,36H,2-7,9,35H2,1H3,(H,42,43)(H,44,45). The van der Waals surface area contributed by atoms with Crippen LogP contribution < -0.4 is 26.8 Å². The lowest BCUT2D eigenvalue weighted by Gasteiger charge is -2.24. The summed E-state index contributed by atoms with van der Waals surface area (Å²) >= 11 is 0. The van der Waals surface area contributed by atoms with Crippen LogP contribution in [0.4, 0.5) is 30.2 Å². The van der Waals surface area contributed by atoms with Gasteiger partial charge >= 0.3 is 11.9 Å². The number of halogens is 3. The highest BCUT2D eigenvalue weighted by molar-refractivity contribution is 6.00. The zero-order chi connectivity index (χ0) is 32.1. The summed E-state index contributed by atoms with van der Waals surface area (Å²) in [6, 6.07) is 0.662. The van der Waals surface area contributed by atoms with Gasteiger partial charge in [0.05, 0.1) is 33.2 Å². The smallest absolute Gasteiger partial charge is 0.341 e. The average molecular weight is 624 g/mol. The van der Waals surface area contributed by atoms with Crippen LogP contribution in [-0.4, -0.2) is 50.4 Å². The fraction of sp³-hybridized carbons (Fsp3) is 0.355. The van der Waals surface area contributed by atoms with Crippen LogP contribution in [-0.2, 0) is 0 Å². The Morgan fingerprint density at radius 2 is 1.44 bits per heavy atom. The van der Waals surface area contributed by atoms with Gasteiger partial charge in [-0.25, -0.2) is 22.8 Å². The number of hydrogen-bond acceptors (Lipinski definition) is 7. The van der Waals surface area contributed by atoms with Crippen molar-refractivity contribution >= 4 is 50.8 Å². The number of fused-ring (bicyclic) bond motifs is 2. The van der Waals surface area contributed by atoms with Gasteiger partial charge in [-0.3, -0.25) is 9.59 Å². The van der Waals surface area contributed by atoms with Crippen molar-refractivity contribution in [1.29, 1.82) is 0 Å². The summed E-state index contributed by atoms with van der Waals surface area (Å²) in [6.07, 6.45) is 5.53. The highest BCUT2D eigenvalue weighted by Gasteiger charge is 2.34. The highest BCUT2D eigenvalue weighted by atomic mass is 19.1. The second kappa shape index (κ2) is 10.0. The second-order valence-electron chi connectivity index (χ2n) is 12.1. The summed E-state index contributed by atoms with van der Waals surface area (Å²) in [4.78, 5) is 51.1. The molecule has 1 atom stereocenters. The SMILES string of the molecule is Cc1c(F)c(N2CCC(Nc3c(F)c(N)c4c(=O)c(C(=O)O)cn(C5CC5)c4c3F)C2)cc2c1c(=O)c(C(=O)O)cn2C1CC1. The number of nitrogen functional groups attached to an aromatic ring is 1. The Bertz CT molecular complexity index is 2120.